The van der Waals surface area contributed by atoms with E-state index in [9.17, 15) is 9.59 Å². The van der Waals surface area contributed by atoms with Crippen molar-refractivity contribution in [2.24, 2.45) is 0 Å². The second kappa shape index (κ2) is 8.87. The van der Waals surface area contributed by atoms with Gasteiger partial charge in [0.25, 0.3) is 0 Å². The summed E-state index contributed by atoms with van der Waals surface area (Å²) in [4.78, 5) is 30.4. The third kappa shape index (κ3) is 3.95. The Morgan fingerprint density at radius 3 is 1.81 bits per heavy atom. The zero-order valence-corrected chi connectivity index (χ0v) is 20.9. The molecule has 1 aliphatic rings. The molecule has 2 amide bonds. The van der Waals surface area contributed by atoms with Crippen LogP contribution in [0, 0.1) is 13.8 Å². The van der Waals surface area contributed by atoms with Gasteiger partial charge in [-0.25, -0.2) is 0 Å². The van der Waals surface area contributed by atoms with Crippen molar-refractivity contribution in [2.45, 2.75) is 13.8 Å². The summed E-state index contributed by atoms with van der Waals surface area (Å²) in [5.41, 5.74) is 4.73. The van der Waals surface area contributed by atoms with E-state index in [2.05, 4.69) is 49.1 Å². The number of carbonyl (C=O) groups excluding carboxylic acids is 2. The van der Waals surface area contributed by atoms with Gasteiger partial charge in [0.15, 0.2) is 0 Å². The summed E-state index contributed by atoms with van der Waals surface area (Å²) < 4.78 is 2.10. The van der Waals surface area contributed by atoms with Crippen LogP contribution in [0.4, 0.5) is 15.9 Å². The Kier molecular flexibility index (Phi) is 6.15. The van der Waals surface area contributed by atoms with Crippen molar-refractivity contribution in [1.29, 1.82) is 0 Å². The fourth-order valence-corrected chi connectivity index (χ4v) is 5.87. The van der Waals surface area contributed by atoms with Crippen LogP contribution in [0.2, 0.25) is 0 Å². The topological polar surface area (TPSA) is 43.9 Å². The number of amides is 2. The Morgan fingerprint density at radius 1 is 0.812 bits per heavy atom. The van der Waals surface area contributed by atoms with E-state index >= 15 is 0 Å². The molecule has 4 rings (SSSR count). The molecule has 0 atom stereocenters. The molecule has 0 aliphatic carbocycles. The van der Waals surface area contributed by atoms with Crippen molar-refractivity contribution in [3.63, 3.8) is 0 Å². The van der Waals surface area contributed by atoms with Crippen molar-refractivity contribution in [3.05, 3.63) is 81.8 Å². The molecule has 0 bridgehead atoms. The van der Waals surface area contributed by atoms with E-state index in [1.165, 1.54) is 20.9 Å². The molecule has 0 saturated carbocycles. The fourth-order valence-electron chi connectivity index (χ4n) is 3.65. The van der Waals surface area contributed by atoms with Gasteiger partial charge in [0.2, 0.25) is 0 Å². The van der Waals surface area contributed by atoms with Crippen molar-refractivity contribution in [1.82, 2.24) is 9.80 Å². The van der Waals surface area contributed by atoms with Gasteiger partial charge in [0.1, 0.15) is 0 Å². The van der Waals surface area contributed by atoms with Crippen LogP contribution in [0.5, 0.6) is 0 Å². The van der Waals surface area contributed by atoms with Gasteiger partial charge >= 0.3 is 200 Å². The summed E-state index contributed by atoms with van der Waals surface area (Å²) in [5, 5.41) is 0.215. The number of rotatable bonds is 4. The fraction of sp³-hybridized carbons (Fsp3) is 0.160. The molecule has 1 fully saturated rings. The second-order valence-corrected chi connectivity index (χ2v) is 10.3. The Hall–Kier alpha value is -2.99. The summed E-state index contributed by atoms with van der Waals surface area (Å²) >= 11 is 5.09. The Balaban J connectivity index is 1.79. The molecule has 0 spiro atoms. The van der Waals surface area contributed by atoms with Gasteiger partial charge in [0, 0.05) is 0 Å². The number of likely N-dealkylation sites (N-methyl/N-ethyl adjacent to an activating group) is 2. The number of aryl methyl sites for hydroxylation is 2. The minimum atomic E-state index is -0.363. The molecule has 32 heavy (non-hydrogen) atoms. The number of anilines is 3. The first-order chi connectivity index (χ1) is 15.3. The van der Waals surface area contributed by atoms with Crippen molar-refractivity contribution in [2.75, 3.05) is 19.0 Å². The van der Waals surface area contributed by atoms with E-state index in [1.807, 2.05) is 30.3 Å². The van der Waals surface area contributed by atoms with Crippen molar-refractivity contribution in [3.8, 4) is 0 Å². The Bertz CT molecular complexity index is 1190. The first-order valence-electron chi connectivity index (χ1n) is 10.1. The zero-order valence-electron chi connectivity index (χ0n) is 18.3. The number of benzene rings is 2. The summed E-state index contributed by atoms with van der Waals surface area (Å²) in [5.74, 6) is -0.726. The Labute approximate surface area is 199 Å². The number of para-hydroxylation sites is 2. The van der Waals surface area contributed by atoms with Crippen LogP contribution >= 0.6 is 12.2 Å². The van der Waals surface area contributed by atoms with Crippen LogP contribution in [0.3, 0.4) is 0 Å². The van der Waals surface area contributed by atoms with Crippen LogP contribution in [0.1, 0.15) is 15.6 Å². The van der Waals surface area contributed by atoms with Gasteiger partial charge in [-0.2, -0.15) is 0 Å². The van der Waals surface area contributed by atoms with Gasteiger partial charge in [0.05, 0.1) is 0 Å². The second-order valence-electron chi connectivity index (χ2n) is 7.65. The molecule has 0 N–H and O–H groups in total. The molecule has 0 unspecified atom stereocenters. The van der Waals surface area contributed by atoms with E-state index in [-0.39, 0.29) is 37.0 Å². The molecule has 0 radical (unpaired) electrons. The minimum absolute atomic E-state index is 0.0901. The Morgan fingerprint density at radius 2 is 1.31 bits per heavy atom. The molecule has 162 valence electrons. The van der Waals surface area contributed by atoms with E-state index in [1.54, 1.807) is 20.2 Å². The number of nitrogens with zero attached hydrogens (tertiary/aromatic N) is 3. The summed E-state index contributed by atoms with van der Waals surface area (Å²) in [6.45, 7) is 4.21. The number of carbonyl (C=O) groups is 2. The third-order valence-corrected chi connectivity index (χ3v) is 8.16. The average Bonchev–Trinajstić information content (AvgIpc) is 3.25. The quantitative estimate of drug-likeness (QED) is 0.227. The van der Waals surface area contributed by atoms with Crippen LogP contribution in [-0.4, -0.2) is 55.3 Å². The first-order valence-corrected chi connectivity index (χ1v) is 12.2. The van der Waals surface area contributed by atoms with Crippen molar-refractivity contribution >= 4 is 65.7 Å². The van der Waals surface area contributed by atoms with Crippen LogP contribution in [0.15, 0.2) is 66.2 Å². The molecule has 7 heteroatoms. The zero-order chi connectivity index (χ0) is 23.0. The van der Waals surface area contributed by atoms with Gasteiger partial charge in [-0.15, -0.1) is 0 Å². The standard InChI is InChI=1S/C25H23N3O2SSe/c1-16-9-5-7-11-20(16)28(21-12-8-6-10-17(21)2)22-14-13-18(32-22)15-19-23(29)26(3)25(31)27(4)24(19)30/h5-15H,1-4H3. The van der Waals surface area contributed by atoms with Crippen LogP contribution in [0.25, 0.3) is 6.08 Å². The number of hydrogen-bond acceptors (Lipinski definition) is 4. The average molecular weight is 509 g/mol. The van der Waals surface area contributed by atoms with E-state index < -0.39 is 0 Å². The van der Waals surface area contributed by atoms with Crippen LogP contribution < -0.4 is 4.90 Å². The van der Waals surface area contributed by atoms with E-state index in [4.69, 9.17) is 12.2 Å². The maximum absolute atomic E-state index is 12.7. The molecular weight excluding hydrogens is 485 g/mol. The first kappa shape index (κ1) is 22.2. The summed E-state index contributed by atoms with van der Waals surface area (Å²) in [6, 6.07) is 20.7. The normalized spacial score (nSPS) is 14.2. The molecule has 2 aromatic carbocycles. The third-order valence-electron chi connectivity index (χ3n) is 5.48. The number of hydrogen-bond donors (Lipinski definition) is 0. The van der Waals surface area contributed by atoms with Gasteiger partial charge in [-0.1, -0.05) is 0 Å². The molecule has 1 aliphatic heterocycles. The molecule has 1 saturated heterocycles. The molecule has 2 heterocycles. The molecular formula is C25H23N3O2SSe. The summed E-state index contributed by atoms with van der Waals surface area (Å²) in [6.07, 6.45) is 1.72. The van der Waals surface area contributed by atoms with Crippen molar-refractivity contribution < 1.29 is 9.59 Å². The number of thiocarbonyl (C=S) groups is 1. The summed E-state index contributed by atoms with van der Waals surface area (Å²) in [7, 11) is 3.19. The predicted molar refractivity (Wildman–Crippen MR) is 134 cm³/mol. The molecule has 1 aromatic heterocycles. The van der Waals surface area contributed by atoms with Gasteiger partial charge in [-0.3, -0.25) is 0 Å². The predicted octanol–water partition coefficient (Wildman–Crippen LogP) is 4.43. The van der Waals surface area contributed by atoms with Crippen LogP contribution in [-0.2, 0) is 9.59 Å². The molecule has 5 nitrogen and oxygen atoms in total. The maximum atomic E-state index is 12.7. The van der Waals surface area contributed by atoms with Gasteiger partial charge in [-0.05, 0) is 0 Å². The monoisotopic (exact) mass is 509 g/mol. The van der Waals surface area contributed by atoms with Gasteiger partial charge < -0.3 is 0 Å². The molecule has 3 aromatic rings. The van der Waals surface area contributed by atoms with E-state index in [0.29, 0.717) is 0 Å². The van der Waals surface area contributed by atoms with E-state index in [0.717, 1.165) is 20.4 Å². The SMILES string of the molecule is Cc1ccccc1N(c1ccc(C=C2C(=O)N(C)C(=S)N(C)C2=O)[se]1)c1ccccc1C.